The van der Waals surface area contributed by atoms with Gasteiger partial charge in [0.2, 0.25) is 0 Å². The molecule has 0 fully saturated rings. The molecule has 0 aliphatic heterocycles. The maximum Gasteiger partial charge on any atom is 0.200 e. The Hall–Kier alpha value is -3.26. The van der Waals surface area contributed by atoms with Crippen molar-refractivity contribution in [2.24, 2.45) is 0 Å². The van der Waals surface area contributed by atoms with E-state index in [0.29, 0.717) is 33.7 Å². The molecule has 0 saturated heterocycles. The van der Waals surface area contributed by atoms with E-state index >= 15 is 0 Å². The molecule has 0 radical (unpaired) electrons. The number of aromatic nitrogens is 4. The zero-order valence-electron chi connectivity index (χ0n) is 16.3. The molecule has 0 atom stereocenters. The predicted octanol–water partition coefficient (Wildman–Crippen LogP) is 4.81. The number of hydrogen-bond acceptors (Lipinski definition) is 5. The Labute approximate surface area is 172 Å². The number of hydrogen-bond donors (Lipinski definition) is 4. The topological polar surface area (TPSA) is 99.2 Å². The van der Waals surface area contributed by atoms with Crippen LogP contribution in [-0.2, 0) is 6.42 Å². The van der Waals surface area contributed by atoms with Crippen molar-refractivity contribution in [2.45, 2.75) is 33.2 Å². The van der Waals surface area contributed by atoms with E-state index in [9.17, 15) is 15.3 Å². The zero-order chi connectivity index (χ0) is 20.9. The first-order chi connectivity index (χ1) is 13.8. The van der Waals surface area contributed by atoms with Crippen LogP contribution in [0.15, 0.2) is 36.5 Å². The van der Waals surface area contributed by atoms with E-state index in [-0.39, 0.29) is 23.3 Å². The summed E-state index contributed by atoms with van der Waals surface area (Å²) in [4.78, 5) is 0. The summed E-state index contributed by atoms with van der Waals surface area (Å²) in [6, 6.07) is 8.52. The SMILES string of the molecule is CCc1cc(-c2n[nH]c(=S)n2-c2ccc(O)c3c2ccn3C(C)C)c(O)cc1O. The molecule has 4 N–H and O–H groups in total. The molecule has 7 nitrogen and oxygen atoms in total. The fourth-order valence-corrected chi connectivity index (χ4v) is 3.89. The van der Waals surface area contributed by atoms with Crippen molar-refractivity contribution in [3.8, 4) is 34.3 Å². The molecule has 29 heavy (non-hydrogen) atoms. The lowest BCUT2D eigenvalue weighted by Gasteiger charge is -2.14. The van der Waals surface area contributed by atoms with E-state index in [1.807, 2.05) is 37.6 Å². The molecule has 0 aliphatic carbocycles. The fraction of sp³-hybridized carbons (Fsp3) is 0.238. The molecule has 0 bridgehead atoms. The van der Waals surface area contributed by atoms with Crippen LogP contribution in [0.25, 0.3) is 28.0 Å². The van der Waals surface area contributed by atoms with Crippen molar-refractivity contribution in [3.05, 3.63) is 46.9 Å². The van der Waals surface area contributed by atoms with Crippen LogP contribution in [0.2, 0.25) is 0 Å². The number of nitrogens with one attached hydrogen (secondary N) is 1. The number of phenolic OH excluding ortho intramolecular Hbond substituents is 3. The monoisotopic (exact) mass is 410 g/mol. The molecule has 150 valence electrons. The Balaban J connectivity index is 2.02. The van der Waals surface area contributed by atoms with Gasteiger partial charge in [-0.05, 0) is 62.3 Å². The maximum atomic E-state index is 10.5. The summed E-state index contributed by atoms with van der Waals surface area (Å²) in [6.07, 6.45) is 2.53. The van der Waals surface area contributed by atoms with Gasteiger partial charge in [-0.15, -0.1) is 0 Å². The quantitative estimate of drug-likeness (QED) is 0.362. The van der Waals surface area contributed by atoms with Crippen molar-refractivity contribution in [1.29, 1.82) is 0 Å². The van der Waals surface area contributed by atoms with Crippen molar-refractivity contribution in [2.75, 3.05) is 0 Å². The van der Waals surface area contributed by atoms with Crippen LogP contribution in [0, 0.1) is 4.77 Å². The van der Waals surface area contributed by atoms with Crippen molar-refractivity contribution < 1.29 is 15.3 Å². The van der Waals surface area contributed by atoms with E-state index in [2.05, 4.69) is 10.2 Å². The number of aromatic hydroxyl groups is 3. The number of phenols is 3. The first-order valence-corrected chi connectivity index (χ1v) is 9.79. The molecule has 2 aromatic carbocycles. The minimum absolute atomic E-state index is 0.0375. The summed E-state index contributed by atoms with van der Waals surface area (Å²) in [5.41, 5.74) is 2.59. The normalized spacial score (nSPS) is 11.6. The van der Waals surface area contributed by atoms with Gasteiger partial charge in [0.25, 0.3) is 0 Å². The number of benzene rings is 2. The van der Waals surface area contributed by atoms with Crippen molar-refractivity contribution >= 4 is 23.1 Å². The molecule has 4 rings (SSSR count). The summed E-state index contributed by atoms with van der Waals surface area (Å²) in [5.74, 6) is 0.548. The van der Waals surface area contributed by atoms with Gasteiger partial charge >= 0.3 is 0 Å². The average molecular weight is 410 g/mol. The lowest BCUT2D eigenvalue weighted by atomic mass is 10.1. The number of aryl methyl sites for hydroxylation is 1. The highest BCUT2D eigenvalue weighted by atomic mass is 32.1. The molecule has 0 saturated carbocycles. The van der Waals surface area contributed by atoms with E-state index in [1.165, 1.54) is 6.07 Å². The van der Waals surface area contributed by atoms with Gasteiger partial charge in [-0.3, -0.25) is 9.67 Å². The first kappa shape index (κ1) is 19.1. The predicted molar refractivity (Wildman–Crippen MR) is 114 cm³/mol. The molecule has 0 unspecified atom stereocenters. The van der Waals surface area contributed by atoms with Gasteiger partial charge in [0.15, 0.2) is 10.6 Å². The number of H-pyrrole nitrogens is 1. The van der Waals surface area contributed by atoms with Crippen molar-refractivity contribution in [1.82, 2.24) is 19.3 Å². The molecular weight excluding hydrogens is 388 g/mol. The third kappa shape index (κ3) is 2.96. The fourth-order valence-electron chi connectivity index (χ4n) is 3.66. The number of fused-ring (bicyclic) bond motifs is 1. The smallest absolute Gasteiger partial charge is 0.200 e. The highest BCUT2D eigenvalue weighted by Crippen LogP contribution is 2.38. The Morgan fingerprint density at radius 1 is 1.07 bits per heavy atom. The van der Waals surface area contributed by atoms with Crippen LogP contribution < -0.4 is 0 Å². The Morgan fingerprint density at radius 3 is 2.52 bits per heavy atom. The Morgan fingerprint density at radius 2 is 1.83 bits per heavy atom. The van der Waals surface area contributed by atoms with E-state index in [0.717, 1.165) is 11.1 Å². The van der Waals surface area contributed by atoms with E-state index in [4.69, 9.17) is 12.2 Å². The lowest BCUT2D eigenvalue weighted by Crippen LogP contribution is -2.01. The molecular formula is C21H22N4O3S. The van der Waals surface area contributed by atoms with Crippen LogP contribution in [-0.4, -0.2) is 34.7 Å². The summed E-state index contributed by atoms with van der Waals surface area (Å²) in [6.45, 7) is 6.01. The second kappa shape index (κ2) is 6.97. The van der Waals surface area contributed by atoms with Gasteiger partial charge in [-0.1, -0.05) is 6.92 Å². The van der Waals surface area contributed by atoms with Crippen LogP contribution in [0.5, 0.6) is 17.2 Å². The molecule has 2 heterocycles. The van der Waals surface area contributed by atoms with Crippen LogP contribution in [0.3, 0.4) is 0 Å². The second-order valence-corrected chi connectivity index (χ2v) is 7.61. The largest absolute Gasteiger partial charge is 0.508 e. The molecule has 0 aliphatic rings. The highest BCUT2D eigenvalue weighted by molar-refractivity contribution is 7.71. The zero-order valence-corrected chi connectivity index (χ0v) is 17.2. The van der Waals surface area contributed by atoms with Gasteiger partial charge in [0.1, 0.15) is 17.2 Å². The summed E-state index contributed by atoms with van der Waals surface area (Å²) in [7, 11) is 0. The van der Waals surface area contributed by atoms with Gasteiger partial charge in [0.05, 0.1) is 16.8 Å². The van der Waals surface area contributed by atoms with Gasteiger partial charge < -0.3 is 19.9 Å². The minimum atomic E-state index is -0.0928. The number of nitrogens with zero attached hydrogens (tertiary/aromatic N) is 3. The van der Waals surface area contributed by atoms with Gasteiger partial charge in [0, 0.05) is 23.7 Å². The lowest BCUT2D eigenvalue weighted by molar-refractivity contribution is 0.447. The van der Waals surface area contributed by atoms with Crippen LogP contribution >= 0.6 is 12.2 Å². The maximum absolute atomic E-state index is 10.5. The van der Waals surface area contributed by atoms with Crippen LogP contribution in [0.1, 0.15) is 32.4 Å². The van der Waals surface area contributed by atoms with Gasteiger partial charge in [-0.2, -0.15) is 5.10 Å². The molecule has 0 spiro atoms. The third-order valence-electron chi connectivity index (χ3n) is 5.12. The Kier molecular flexibility index (Phi) is 4.58. The second-order valence-electron chi connectivity index (χ2n) is 7.22. The number of aromatic amines is 1. The molecule has 0 amide bonds. The third-order valence-corrected chi connectivity index (χ3v) is 5.39. The highest BCUT2D eigenvalue weighted by Gasteiger charge is 2.20. The molecule has 4 aromatic rings. The minimum Gasteiger partial charge on any atom is -0.508 e. The summed E-state index contributed by atoms with van der Waals surface area (Å²) < 4.78 is 4.08. The first-order valence-electron chi connectivity index (χ1n) is 9.39. The Bertz CT molecular complexity index is 1280. The van der Waals surface area contributed by atoms with E-state index < -0.39 is 0 Å². The van der Waals surface area contributed by atoms with Crippen LogP contribution in [0.4, 0.5) is 0 Å². The van der Waals surface area contributed by atoms with E-state index in [1.54, 1.807) is 22.8 Å². The standard InChI is InChI=1S/C21H22N4O3S/c1-4-12-9-14(18(28)10-17(12)27)20-22-23-21(29)25(20)15-5-6-16(26)19-13(15)7-8-24(19)11(2)3/h5-11,26-28H,4H2,1-3H3,(H,23,29). The number of rotatable bonds is 4. The average Bonchev–Trinajstić information content (AvgIpc) is 3.28. The summed E-state index contributed by atoms with van der Waals surface area (Å²) in [5, 5.41) is 38.9. The molecule has 8 heteroatoms. The van der Waals surface area contributed by atoms with Crippen molar-refractivity contribution in [3.63, 3.8) is 0 Å². The molecule has 2 aromatic heterocycles. The van der Waals surface area contributed by atoms with Gasteiger partial charge in [-0.25, -0.2) is 0 Å². The summed E-state index contributed by atoms with van der Waals surface area (Å²) >= 11 is 5.48.